The van der Waals surface area contributed by atoms with E-state index in [1.807, 2.05) is 23.1 Å². The van der Waals surface area contributed by atoms with Gasteiger partial charge in [-0.3, -0.25) is 4.79 Å². The van der Waals surface area contributed by atoms with E-state index in [1.54, 1.807) is 13.2 Å². The van der Waals surface area contributed by atoms with Crippen molar-refractivity contribution in [1.82, 2.24) is 0 Å². The summed E-state index contributed by atoms with van der Waals surface area (Å²) in [6.07, 6.45) is -2.96. The lowest BCUT2D eigenvalue weighted by atomic mass is 9.78. The lowest BCUT2D eigenvalue weighted by Gasteiger charge is -2.39. The lowest BCUT2D eigenvalue weighted by molar-refractivity contribution is -0.161. The summed E-state index contributed by atoms with van der Waals surface area (Å²) in [5.41, 5.74) is -1.05. The first-order chi connectivity index (χ1) is 9.49. The van der Waals surface area contributed by atoms with Crippen LogP contribution in [0, 0.1) is 5.41 Å². The normalized spacial score (nSPS) is 18.1. The third-order valence-corrected chi connectivity index (χ3v) is 3.92. The summed E-state index contributed by atoms with van der Waals surface area (Å²) >= 11 is 0. The number of hydrogen-bond acceptors (Lipinski definition) is 3. The topological polar surface area (TPSA) is 49.8 Å². The molecule has 1 aliphatic rings. The highest BCUT2D eigenvalue weighted by Gasteiger charge is 2.49. The van der Waals surface area contributed by atoms with Crippen molar-refractivity contribution in [3.8, 4) is 5.75 Å². The van der Waals surface area contributed by atoms with Crippen LogP contribution in [-0.4, -0.2) is 37.7 Å². The van der Waals surface area contributed by atoms with Crippen LogP contribution in [0.5, 0.6) is 5.75 Å². The van der Waals surface area contributed by atoms with Gasteiger partial charge in [-0.15, -0.1) is 0 Å². The number of rotatable bonds is 4. The van der Waals surface area contributed by atoms with Crippen molar-refractivity contribution in [2.75, 3.05) is 25.1 Å². The molecule has 2 rings (SSSR count). The van der Waals surface area contributed by atoms with Gasteiger partial charge in [-0.1, -0.05) is 6.07 Å². The molecule has 1 saturated heterocycles. The highest BCUT2D eigenvalue weighted by Crippen LogP contribution is 2.39. The van der Waals surface area contributed by atoms with Crippen LogP contribution in [0.1, 0.15) is 12.8 Å². The molecule has 4 nitrogen and oxygen atoms in total. The Morgan fingerprint density at radius 1 is 1.40 bits per heavy atom. The molecule has 1 heterocycles. The van der Waals surface area contributed by atoms with Crippen LogP contribution >= 0.6 is 0 Å². The van der Waals surface area contributed by atoms with Gasteiger partial charge in [0.05, 0.1) is 7.11 Å². The summed E-state index contributed by atoms with van der Waals surface area (Å²) in [5, 5.41) is 9.08. The first kappa shape index (κ1) is 14.6. The SMILES string of the molecule is COc1cccc(N2CCC(C(=O)O)(C(F)F)CC2)c1. The summed E-state index contributed by atoms with van der Waals surface area (Å²) < 4.78 is 31.2. The van der Waals surface area contributed by atoms with Crippen molar-refractivity contribution in [1.29, 1.82) is 0 Å². The number of methoxy groups -OCH3 is 1. The van der Waals surface area contributed by atoms with Gasteiger partial charge in [0, 0.05) is 24.8 Å². The smallest absolute Gasteiger partial charge is 0.315 e. The number of carbonyl (C=O) groups is 1. The summed E-state index contributed by atoms with van der Waals surface area (Å²) in [6.45, 7) is 0.591. The predicted molar refractivity (Wildman–Crippen MR) is 70.5 cm³/mol. The Labute approximate surface area is 116 Å². The zero-order valence-corrected chi connectivity index (χ0v) is 11.2. The van der Waals surface area contributed by atoms with Gasteiger partial charge < -0.3 is 14.7 Å². The van der Waals surface area contributed by atoms with E-state index < -0.39 is 17.8 Å². The number of piperidine rings is 1. The highest BCUT2D eigenvalue weighted by molar-refractivity contribution is 5.75. The van der Waals surface area contributed by atoms with Gasteiger partial charge in [-0.25, -0.2) is 8.78 Å². The van der Waals surface area contributed by atoms with E-state index in [0.29, 0.717) is 18.8 Å². The molecule has 1 aromatic carbocycles. The van der Waals surface area contributed by atoms with Gasteiger partial charge in [0.15, 0.2) is 0 Å². The van der Waals surface area contributed by atoms with Crippen molar-refractivity contribution in [3.05, 3.63) is 24.3 Å². The Balaban J connectivity index is 2.12. The van der Waals surface area contributed by atoms with Crippen LogP contribution in [0.25, 0.3) is 0 Å². The molecule has 0 saturated carbocycles. The first-order valence-electron chi connectivity index (χ1n) is 6.40. The summed E-state index contributed by atoms with van der Waals surface area (Å²) in [7, 11) is 1.56. The van der Waals surface area contributed by atoms with Gasteiger partial charge in [-0.05, 0) is 25.0 Å². The standard InChI is InChI=1S/C14H17F2NO3/c1-20-11-4-2-3-10(9-11)17-7-5-14(6-8-17,12(15)16)13(18)19/h2-4,9,12H,5-8H2,1H3,(H,18,19). The largest absolute Gasteiger partial charge is 0.497 e. The molecular formula is C14H17F2NO3. The van der Waals surface area contributed by atoms with E-state index in [9.17, 15) is 13.6 Å². The molecule has 0 spiro atoms. The van der Waals surface area contributed by atoms with E-state index in [1.165, 1.54) is 0 Å². The number of aliphatic carboxylic acids is 1. The second kappa shape index (κ2) is 5.64. The molecule has 20 heavy (non-hydrogen) atoms. The molecule has 6 heteroatoms. The average molecular weight is 285 g/mol. The van der Waals surface area contributed by atoms with Gasteiger partial charge in [0.25, 0.3) is 6.43 Å². The minimum atomic E-state index is -2.84. The van der Waals surface area contributed by atoms with Crippen molar-refractivity contribution in [2.45, 2.75) is 19.3 Å². The third-order valence-electron chi connectivity index (χ3n) is 3.92. The van der Waals surface area contributed by atoms with Gasteiger partial charge in [0.1, 0.15) is 11.2 Å². The Morgan fingerprint density at radius 2 is 2.05 bits per heavy atom. The first-order valence-corrected chi connectivity index (χ1v) is 6.40. The van der Waals surface area contributed by atoms with Gasteiger partial charge in [-0.2, -0.15) is 0 Å². The number of alkyl halides is 2. The number of halogens is 2. The van der Waals surface area contributed by atoms with Crippen LogP contribution in [0.15, 0.2) is 24.3 Å². The molecule has 1 fully saturated rings. The van der Waals surface area contributed by atoms with Gasteiger partial charge in [0.2, 0.25) is 0 Å². The minimum Gasteiger partial charge on any atom is -0.497 e. The number of hydrogen-bond donors (Lipinski definition) is 1. The maximum Gasteiger partial charge on any atom is 0.315 e. The van der Waals surface area contributed by atoms with Crippen molar-refractivity contribution in [3.63, 3.8) is 0 Å². The fourth-order valence-corrected chi connectivity index (χ4v) is 2.50. The van der Waals surface area contributed by atoms with E-state index in [0.717, 1.165) is 5.69 Å². The van der Waals surface area contributed by atoms with E-state index >= 15 is 0 Å². The minimum absolute atomic E-state index is 0.0583. The van der Waals surface area contributed by atoms with E-state index in [2.05, 4.69) is 0 Å². The second-order valence-corrected chi connectivity index (χ2v) is 4.95. The van der Waals surface area contributed by atoms with Crippen LogP contribution < -0.4 is 9.64 Å². The van der Waals surface area contributed by atoms with Crippen LogP contribution in [0.2, 0.25) is 0 Å². The maximum atomic E-state index is 13.1. The lowest BCUT2D eigenvalue weighted by Crippen LogP contribution is -2.48. The van der Waals surface area contributed by atoms with Gasteiger partial charge >= 0.3 is 5.97 Å². The second-order valence-electron chi connectivity index (χ2n) is 4.95. The Morgan fingerprint density at radius 3 is 2.55 bits per heavy atom. The number of ether oxygens (including phenoxy) is 1. The monoisotopic (exact) mass is 285 g/mol. The van der Waals surface area contributed by atoms with Crippen LogP contribution in [0.4, 0.5) is 14.5 Å². The molecule has 0 aromatic heterocycles. The molecule has 0 unspecified atom stereocenters. The van der Waals surface area contributed by atoms with Crippen LogP contribution in [-0.2, 0) is 4.79 Å². The fraction of sp³-hybridized carbons (Fsp3) is 0.500. The number of anilines is 1. The number of benzene rings is 1. The molecule has 1 N–H and O–H groups in total. The zero-order chi connectivity index (χ0) is 14.8. The van der Waals surface area contributed by atoms with E-state index in [4.69, 9.17) is 9.84 Å². The molecule has 0 bridgehead atoms. The zero-order valence-electron chi connectivity index (χ0n) is 11.2. The molecule has 110 valence electrons. The Bertz CT molecular complexity index is 485. The average Bonchev–Trinajstić information content (AvgIpc) is 2.47. The van der Waals surface area contributed by atoms with E-state index in [-0.39, 0.29) is 12.8 Å². The third kappa shape index (κ3) is 2.55. The highest BCUT2D eigenvalue weighted by atomic mass is 19.3. The van der Waals surface area contributed by atoms with Crippen molar-refractivity contribution >= 4 is 11.7 Å². The quantitative estimate of drug-likeness (QED) is 0.924. The predicted octanol–water partition coefficient (Wildman–Crippen LogP) is 2.63. The Hall–Kier alpha value is -1.85. The summed E-state index contributed by atoms with van der Waals surface area (Å²) in [5.74, 6) is -0.718. The number of nitrogens with zero attached hydrogens (tertiary/aromatic N) is 1. The molecule has 0 atom stereocenters. The Kier molecular flexibility index (Phi) is 4.11. The fourth-order valence-electron chi connectivity index (χ4n) is 2.50. The molecule has 1 aromatic rings. The maximum absolute atomic E-state index is 13.1. The molecule has 0 aliphatic carbocycles. The van der Waals surface area contributed by atoms with Crippen molar-refractivity contribution in [2.24, 2.45) is 5.41 Å². The summed E-state index contributed by atoms with van der Waals surface area (Å²) in [6, 6.07) is 7.29. The van der Waals surface area contributed by atoms with Crippen LogP contribution in [0.3, 0.4) is 0 Å². The number of carboxylic acid groups (broad SMARTS) is 1. The molecule has 0 radical (unpaired) electrons. The van der Waals surface area contributed by atoms with Crippen molar-refractivity contribution < 1.29 is 23.4 Å². The molecule has 0 amide bonds. The summed E-state index contributed by atoms with van der Waals surface area (Å²) in [4.78, 5) is 13.1. The number of carboxylic acids is 1. The molecular weight excluding hydrogens is 268 g/mol. The molecule has 1 aliphatic heterocycles.